The zero-order chi connectivity index (χ0) is 43.1. The predicted octanol–water partition coefficient (Wildman–Crippen LogP) is 14.0. The molecule has 65 heavy (non-hydrogen) atoms. The number of fused-ring (bicyclic) bond motifs is 12. The summed E-state index contributed by atoms with van der Waals surface area (Å²) < 4.78 is 2.58. The summed E-state index contributed by atoms with van der Waals surface area (Å²) >= 11 is 0. The first-order chi connectivity index (χ1) is 32.2. The van der Waals surface area contributed by atoms with E-state index in [4.69, 9.17) is 0 Å². The largest absolute Gasteiger partial charge is 0.309 e. The molecule has 0 amide bonds. The van der Waals surface area contributed by atoms with Crippen molar-refractivity contribution in [3.05, 3.63) is 269 Å². The Morgan fingerprint density at radius 1 is 0.400 bits per heavy atom. The molecule has 1 aliphatic heterocycles. The lowest BCUT2D eigenvalue weighted by Crippen LogP contribution is -2.54. The van der Waals surface area contributed by atoms with E-state index in [0.29, 0.717) is 0 Å². The fraction of sp³-hybridized carbons (Fsp3) is 0.0820. The molecule has 0 bridgehead atoms. The SMILES string of the molecule is CN1C(c2ccccc2)NC(c2ccccc2)NC1c1cccc(-n2c3ccccc3c3ccc4c(c32)C(c2ccccc2)(c2ccccc2)c2c-4c3ccccc3c3ccccc23)c1. The van der Waals surface area contributed by atoms with Crippen molar-refractivity contribution in [2.24, 2.45) is 0 Å². The third-order valence-electron chi connectivity index (χ3n) is 14.4. The number of hydrogen-bond acceptors (Lipinski definition) is 3. The number of nitrogens with one attached hydrogen (secondary N) is 2. The van der Waals surface area contributed by atoms with Gasteiger partial charge in [-0.05, 0) is 91.3 Å². The van der Waals surface area contributed by atoms with Crippen LogP contribution >= 0.6 is 0 Å². The Morgan fingerprint density at radius 2 is 0.908 bits per heavy atom. The summed E-state index contributed by atoms with van der Waals surface area (Å²) in [5.41, 5.74) is 14.3. The van der Waals surface area contributed by atoms with E-state index in [1.807, 2.05) is 0 Å². The summed E-state index contributed by atoms with van der Waals surface area (Å²) in [5.74, 6) is 0. The number of hydrogen-bond donors (Lipinski definition) is 2. The molecule has 0 spiro atoms. The highest BCUT2D eigenvalue weighted by Crippen LogP contribution is 2.62. The van der Waals surface area contributed by atoms with Crippen LogP contribution in [0.5, 0.6) is 0 Å². The van der Waals surface area contributed by atoms with Crippen molar-refractivity contribution in [1.82, 2.24) is 20.1 Å². The maximum Gasteiger partial charge on any atom is 0.0888 e. The fourth-order valence-corrected chi connectivity index (χ4v) is 11.7. The van der Waals surface area contributed by atoms with E-state index in [2.05, 4.69) is 258 Å². The smallest absolute Gasteiger partial charge is 0.0888 e. The molecule has 0 saturated carbocycles. The molecule has 0 radical (unpaired) electrons. The summed E-state index contributed by atoms with van der Waals surface area (Å²) in [6.45, 7) is 0. The molecule has 2 heterocycles. The maximum atomic E-state index is 4.03. The van der Waals surface area contributed by atoms with Crippen molar-refractivity contribution in [2.45, 2.75) is 23.9 Å². The first-order valence-corrected chi connectivity index (χ1v) is 22.8. The van der Waals surface area contributed by atoms with E-state index >= 15 is 0 Å². The molecule has 1 aromatic heterocycles. The van der Waals surface area contributed by atoms with Crippen LogP contribution in [0.1, 0.15) is 57.4 Å². The minimum Gasteiger partial charge on any atom is -0.309 e. The normalized spacial score (nSPS) is 18.0. The van der Waals surface area contributed by atoms with Gasteiger partial charge in [0.15, 0.2) is 0 Å². The van der Waals surface area contributed by atoms with Crippen LogP contribution in [0.3, 0.4) is 0 Å². The summed E-state index contributed by atoms with van der Waals surface area (Å²) in [6.07, 6.45) is -0.184. The van der Waals surface area contributed by atoms with Gasteiger partial charge >= 0.3 is 0 Å². The van der Waals surface area contributed by atoms with Gasteiger partial charge in [-0.2, -0.15) is 0 Å². The van der Waals surface area contributed by atoms with Crippen molar-refractivity contribution in [3.8, 4) is 16.8 Å². The second kappa shape index (κ2) is 15.0. The van der Waals surface area contributed by atoms with Gasteiger partial charge in [-0.25, -0.2) is 0 Å². The Kier molecular flexibility index (Phi) is 8.75. The molecule has 1 aliphatic carbocycles. The van der Waals surface area contributed by atoms with Gasteiger partial charge in [0, 0.05) is 22.0 Å². The third-order valence-corrected chi connectivity index (χ3v) is 14.4. The van der Waals surface area contributed by atoms with Crippen molar-refractivity contribution >= 4 is 43.4 Å². The molecular formula is C61H46N4. The van der Waals surface area contributed by atoms with E-state index < -0.39 is 5.41 Å². The Labute approximate surface area is 379 Å². The molecule has 4 heteroatoms. The molecule has 2 aliphatic rings. The van der Waals surface area contributed by atoms with Crippen molar-refractivity contribution in [1.29, 1.82) is 0 Å². The lowest BCUT2D eigenvalue weighted by Gasteiger charge is -2.45. The molecule has 1 saturated heterocycles. The number of para-hydroxylation sites is 1. The standard InChI is InChI=1S/C61H46N4/c1-64-59(41-23-8-3-9-24-41)62-58(40-21-6-2-7-22-40)63-60(64)42-25-20-30-45(39-42)65-53-36-19-18-33-48(53)51-37-38-52-54-49-34-16-14-31-46(49)47-32-15-17-35-50(47)55(54)61(56(52)57(51)65,43-26-10-4-11-27-43)44-28-12-5-13-29-44/h2-39,58-60,62-63H,1H3. The lowest BCUT2D eigenvalue weighted by molar-refractivity contribution is 0.0416. The van der Waals surface area contributed by atoms with Crippen LogP contribution in [-0.4, -0.2) is 16.5 Å². The molecule has 3 unspecified atom stereocenters. The number of aromatic nitrogens is 1. The molecule has 11 aromatic rings. The van der Waals surface area contributed by atoms with Gasteiger partial charge in [-0.3, -0.25) is 15.5 Å². The molecule has 310 valence electrons. The van der Waals surface area contributed by atoms with Crippen LogP contribution < -0.4 is 10.6 Å². The number of nitrogens with zero attached hydrogens (tertiary/aromatic N) is 2. The second-order valence-electron chi connectivity index (χ2n) is 17.7. The van der Waals surface area contributed by atoms with E-state index in [1.54, 1.807) is 0 Å². The maximum absolute atomic E-state index is 4.03. The fourth-order valence-electron chi connectivity index (χ4n) is 11.7. The van der Waals surface area contributed by atoms with E-state index in [-0.39, 0.29) is 18.5 Å². The quantitative estimate of drug-likeness (QED) is 0.164. The van der Waals surface area contributed by atoms with Gasteiger partial charge in [0.25, 0.3) is 0 Å². The highest BCUT2D eigenvalue weighted by atomic mass is 15.4. The monoisotopic (exact) mass is 834 g/mol. The summed E-state index contributed by atoms with van der Waals surface area (Å²) in [5, 5.41) is 15.6. The summed E-state index contributed by atoms with van der Waals surface area (Å²) in [6, 6.07) is 85.4. The summed E-state index contributed by atoms with van der Waals surface area (Å²) in [4.78, 5) is 2.43. The second-order valence-corrected chi connectivity index (χ2v) is 17.7. The molecule has 4 nitrogen and oxygen atoms in total. The van der Waals surface area contributed by atoms with Crippen molar-refractivity contribution in [3.63, 3.8) is 0 Å². The first-order valence-electron chi connectivity index (χ1n) is 22.8. The predicted molar refractivity (Wildman–Crippen MR) is 268 cm³/mol. The average Bonchev–Trinajstić information content (AvgIpc) is 3.89. The topological polar surface area (TPSA) is 32.2 Å². The van der Waals surface area contributed by atoms with Gasteiger partial charge in [0.05, 0.1) is 34.9 Å². The Morgan fingerprint density at radius 3 is 1.57 bits per heavy atom. The van der Waals surface area contributed by atoms with E-state index in [0.717, 1.165) is 5.69 Å². The van der Waals surface area contributed by atoms with Gasteiger partial charge < -0.3 is 4.57 Å². The van der Waals surface area contributed by atoms with E-state index in [9.17, 15) is 0 Å². The summed E-state index contributed by atoms with van der Waals surface area (Å²) in [7, 11) is 2.23. The Balaban J connectivity index is 1.12. The Hall–Kier alpha value is -7.60. The zero-order valence-electron chi connectivity index (χ0n) is 36.1. The highest BCUT2D eigenvalue weighted by Gasteiger charge is 2.50. The van der Waals surface area contributed by atoms with Gasteiger partial charge in [-0.15, -0.1) is 0 Å². The molecule has 3 atom stereocenters. The molecular weight excluding hydrogens is 789 g/mol. The molecule has 1 fully saturated rings. The Bertz CT molecular complexity index is 3540. The lowest BCUT2D eigenvalue weighted by atomic mass is 9.66. The van der Waals surface area contributed by atoms with Gasteiger partial charge in [-0.1, -0.05) is 212 Å². The molecule has 13 rings (SSSR count). The van der Waals surface area contributed by atoms with Crippen LogP contribution in [0.25, 0.3) is 60.2 Å². The van der Waals surface area contributed by atoms with Crippen molar-refractivity contribution < 1.29 is 0 Å². The van der Waals surface area contributed by atoms with Crippen LogP contribution in [0.4, 0.5) is 0 Å². The van der Waals surface area contributed by atoms with Crippen LogP contribution in [-0.2, 0) is 5.41 Å². The van der Waals surface area contributed by atoms with E-state index in [1.165, 1.54) is 93.4 Å². The van der Waals surface area contributed by atoms with Crippen LogP contribution in [0.2, 0.25) is 0 Å². The highest BCUT2D eigenvalue weighted by molar-refractivity contribution is 6.22. The van der Waals surface area contributed by atoms with Gasteiger partial charge in [0.2, 0.25) is 0 Å². The van der Waals surface area contributed by atoms with Crippen LogP contribution in [0, 0.1) is 0 Å². The minimum absolute atomic E-state index is 0.0201. The zero-order valence-corrected chi connectivity index (χ0v) is 36.1. The number of benzene rings is 10. The molecule has 2 N–H and O–H groups in total. The van der Waals surface area contributed by atoms with Gasteiger partial charge in [0.1, 0.15) is 0 Å². The first kappa shape index (κ1) is 37.9. The third kappa shape index (κ3) is 5.62. The minimum atomic E-state index is -0.664. The number of rotatable bonds is 6. The average molecular weight is 835 g/mol. The van der Waals surface area contributed by atoms with Crippen LogP contribution in [0.15, 0.2) is 231 Å². The van der Waals surface area contributed by atoms with Crippen molar-refractivity contribution in [2.75, 3.05) is 7.05 Å². The molecule has 10 aromatic carbocycles.